The Morgan fingerprint density at radius 1 is 1.32 bits per heavy atom. The zero-order chi connectivity index (χ0) is 17.0. The molecule has 1 heterocycles. The van der Waals surface area contributed by atoms with Crippen LogP contribution in [0.25, 0.3) is 0 Å². The highest BCUT2D eigenvalue weighted by Gasteiger charge is 2.23. The largest absolute Gasteiger partial charge is 0.480 e. The Balaban J connectivity index is 2.82. The maximum absolute atomic E-state index is 12.7. The summed E-state index contributed by atoms with van der Waals surface area (Å²) in [6.07, 6.45) is 0.127. The number of carboxylic acid groups (broad SMARTS) is 1. The summed E-state index contributed by atoms with van der Waals surface area (Å²) < 4.78 is 26.0. The highest BCUT2D eigenvalue weighted by Crippen LogP contribution is 2.19. The van der Waals surface area contributed by atoms with Gasteiger partial charge in [-0.25, -0.2) is 9.48 Å². The normalized spacial score (nSPS) is 12.7. The van der Waals surface area contributed by atoms with Crippen LogP contribution in [0, 0.1) is 19.8 Å². The lowest BCUT2D eigenvalue weighted by molar-refractivity contribution is -0.142. The number of aryl methyl sites for hydroxylation is 1. The van der Waals surface area contributed by atoms with Gasteiger partial charge in [-0.3, -0.25) is 4.79 Å². The lowest BCUT2D eigenvalue weighted by atomic mass is 10.0. The zero-order valence-corrected chi connectivity index (χ0v) is 13.1. The third-order valence-electron chi connectivity index (χ3n) is 3.34. The third-order valence-corrected chi connectivity index (χ3v) is 3.34. The molecule has 0 spiro atoms. The average molecular weight is 317 g/mol. The lowest BCUT2D eigenvalue weighted by Crippen LogP contribution is -2.42. The van der Waals surface area contributed by atoms with E-state index >= 15 is 0 Å². The minimum Gasteiger partial charge on any atom is -0.480 e. The van der Waals surface area contributed by atoms with Gasteiger partial charge in [-0.2, -0.15) is 13.9 Å². The third kappa shape index (κ3) is 4.51. The number of alkyl halides is 2. The number of nitrogens with zero attached hydrogens (tertiary/aromatic N) is 2. The molecule has 22 heavy (non-hydrogen) atoms. The van der Waals surface area contributed by atoms with Gasteiger partial charge in [-0.1, -0.05) is 13.8 Å². The van der Waals surface area contributed by atoms with Crippen molar-refractivity contribution in [1.29, 1.82) is 0 Å². The fraction of sp³-hybridized carbons (Fsp3) is 0.643. The number of carboxylic acids is 1. The second-order valence-corrected chi connectivity index (χ2v) is 5.64. The summed E-state index contributed by atoms with van der Waals surface area (Å²) in [6.45, 7) is 3.92. The number of carbonyl (C=O) groups excluding carboxylic acids is 1. The number of amides is 1. The molecule has 0 unspecified atom stereocenters. The number of halogens is 2. The predicted octanol–water partition coefficient (Wildman–Crippen LogP) is 2.05. The monoisotopic (exact) mass is 317 g/mol. The topological polar surface area (TPSA) is 84.2 Å². The van der Waals surface area contributed by atoms with Crippen molar-refractivity contribution in [3.05, 3.63) is 17.0 Å². The molecule has 0 aromatic carbocycles. The molecule has 0 bridgehead atoms. The summed E-state index contributed by atoms with van der Waals surface area (Å²) in [6, 6.07) is -0.988. The Morgan fingerprint density at radius 3 is 2.32 bits per heavy atom. The molecule has 0 aliphatic rings. The molecule has 0 radical (unpaired) electrons. The van der Waals surface area contributed by atoms with E-state index in [2.05, 4.69) is 10.4 Å². The van der Waals surface area contributed by atoms with Gasteiger partial charge in [0.25, 0.3) is 0 Å². The summed E-state index contributed by atoms with van der Waals surface area (Å²) >= 11 is 0. The van der Waals surface area contributed by atoms with Crippen LogP contribution in [-0.4, -0.2) is 32.8 Å². The number of nitrogens with one attached hydrogen (secondary N) is 1. The second kappa shape index (κ2) is 7.33. The Labute approximate surface area is 127 Å². The molecule has 0 saturated heterocycles. The molecule has 1 amide bonds. The van der Waals surface area contributed by atoms with E-state index in [1.807, 2.05) is 13.8 Å². The van der Waals surface area contributed by atoms with Crippen LogP contribution in [0.15, 0.2) is 0 Å². The molecule has 1 aromatic rings. The number of hydrogen-bond acceptors (Lipinski definition) is 3. The quantitative estimate of drug-likeness (QED) is 0.806. The Bertz CT molecular complexity index is 556. The van der Waals surface area contributed by atoms with Crippen molar-refractivity contribution < 1.29 is 23.5 Å². The molecular formula is C14H21F2N3O3. The highest BCUT2D eigenvalue weighted by molar-refractivity contribution is 5.85. The van der Waals surface area contributed by atoms with Gasteiger partial charge in [0.15, 0.2) is 0 Å². The highest BCUT2D eigenvalue weighted by atomic mass is 19.3. The van der Waals surface area contributed by atoms with E-state index in [0.29, 0.717) is 22.4 Å². The fourth-order valence-corrected chi connectivity index (χ4v) is 2.24. The first-order valence-electron chi connectivity index (χ1n) is 6.98. The van der Waals surface area contributed by atoms with Crippen molar-refractivity contribution in [3.8, 4) is 0 Å². The van der Waals surface area contributed by atoms with Gasteiger partial charge in [0, 0.05) is 11.3 Å². The van der Waals surface area contributed by atoms with Gasteiger partial charge in [-0.05, 0) is 26.2 Å². The lowest BCUT2D eigenvalue weighted by Gasteiger charge is -2.16. The van der Waals surface area contributed by atoms with Gasteiger partial charge in [0.05, 0.1) is 12.1 Å². The van der Waals surface area contributed by atoms with E-state index in [4.69, 9.17) is 5.11 Å². The SMILES string of the molecule is Cc1nn(C(F)F)c(C)c1CC(=O)N[C@@H](CC(C)C)C(=O)O. The first kappa shape index (κ1) is 18.1. The van der Waals surface area contributed by atoms with E-state index in [0.717, 1.165) is 0 Å². The van der Waals surface area contributed by atoms with E-state index in [9.17, 15) is 18.4 Å². The number of carbonyl (C=O) groups is 2. The van der Waals surface area contributed by atoms with Gasteiger partial charge in [0.1, 0.15) is 6.04 Å². The van der Waals surface area contributed by atoms with Crippen LogP contribution in [0.5, 0.6) is 0 Å². The molecule has 1 atom stereocenters. The average Bonchev–Trinajstić information content (AvgIpc) is 2.65. The molecule has 6 nitrogen and oxygen atoms in total. The summed E-state index contributed by atoms with van der Waals surface area (Å²) in [7, 11) is 0. The summed E-state index contributed by atoms with van der Waals surface area (Å²) in [5, 5.41) is 15.2. The predicted molar refractivity (Wildman–Crippen MR) is 75.7 cm³/mol. The number of aliphatic carboxylic acids is 1. The summed E-state index contributed by atoms with van der Waals surface area (Å²) in [4.78, 5) is 23.1. The first-order chi connectivity index (χ1) is 10.1. The van der Waals surface area contributed by atoms with Gasteiger partial charge in [-0.15, -0.1) is 0 Å². The number of hydrogen-bond donors (Lipinski definition) is 2. The van der Waals surface area contributed by atoms with E-state index in [-0.39, 0.29) is 18.0 Å². The minimum absolute atomic E-state index is 0.103. The van der Waals surface area contributed by atoms with Crippen LogP contribution in [0.1, 0.15) is 43.8 Å². The smallest absolute Gasteiger partial charge is 0.333 e. The molecule has 0 saturated carbocycles. The molecule has 0 aliphatic carbocycles. The maximum atomic E-state index is 12.7. The molecule has 0 aliphatic heterocycles. The fourth-order valence-electron chi connectivity index (χ4n) is 2.24. The van der Waals surface area contributed by atoms with Crippen molar-refractivity contribution in [2.45, 2.75) is 53.1 Å². The summed E-state index contributed by atoms with van der Waals surface area (Å²) in [5.41, 5.74) is 0.938. The van der Waals surface area contributed by atoms with E-state index < -0.39 is 24.5 Å². The van der Waals surface area contributed by atoms with Crippen molar-refractivity contribution in [3.63, 3.8) is 0 Å². The van der Waals surface area contributed by atoms with E-state index in [1.165, 1.54) is 13.8 Å². The van der Waals surface area contributed by atoms with Crippen molar-refractivity contribution in [2.24, 2.45) is 5.92 Å². The number of aromatic nitrogens is 2. The van der Waals surface area contributed by atoms with Crippen LogP contribution < -0.4 is 5.32 Å². The molecular weight excluding hydrogens is 296 g/mol. The summed E-state index contributed by atoms with van der Waals surface area (Å²) in [5.74, 6) is -1.53. The molecule has 8 heteroatoms. The minimum atomic E-state index is -2.77. The Hall–Kier alpha value is -1.99. The van der Waals surface area contributed by atoms with Crippen molar-refractivity contribution in [2.75, 3.05) is 0 Å². The molecule has 0 fully saturated rings. The van der Waals surface area contributed by atoms with Crippen LogP contribution >= 0.6 is 0 Å². The Kier molecular flexibility index (Phi) is 6.01. The molecule has 124 valence electrons. The molecule has 1 rings (SSSR count). The molecule has 1 aromatic heterocycles. The van der Waals surface area contributed by atoms with Crippen LogP contribution in [-0.2, 0) is 16.0 Å². The van der Waals surface area contributed by atoms with Crippen LogP contribution in [0.2, 0.25) is 0 Å². The van der Waals surface area contributed by atoms with Gasteiger partial charge >= 0.3 is 12.5 Å². The van der Waals surface area contributed by atoms with Crippen molar-refractivity contribution in [1.82, 2.24) is 15.1 Å². The second-order valence-electron chi connectivity index (χ2n) is 5.64. The van der Waals surface area contributed by atoms with Gasteiger partial charge < -0.3 is 10.4 Å². The van der Waals surface area contributed by atoms with E-state index in [1.54, 1.807) is 0 Å². The van der Waals surface area contributed by atoms with Crippen LogP contribution in [0.4, 0.5) is 8.78 Å². The van der Waals surface area contributed by atoms with Crippen LogP contribution in [0.3, 0.4) is 0 Å². The number of rotatable bonds is 7. The van der Waals surface area contributed by atoms with Crippen molar-refractivity contribution >= 4 is 11.9 Å². The zero-order valence-electron chi connectivity index (χ0n) is 13.1. The first-order valence-corrected chi connectivity index (χ1v) is 6.98. The standard InChI is InChI=1S/C14H21F2N3O3/c1-7(2)5-11(13(21)22)17-12(20)6-10-8(3)18-19(9(10)4)14(15)16/h7,11,14H,5-6H2,1-4H3,(H,17,20)(H,21,22)/t11-/m0/s1. The van der Waals surface area contributed by atoms with Gasteiger partial charge in [0.2, 0.25) is 5.91 Å². The maximum Gasteiger partial charge on any atom is 0.333 e. The Morgan fingerprint density at radius 2 is 1.91 bits per heavy atom. The molecule has 2 N–H and O–H groups in total.